The van der Waals surface area contributed by atoms with Gasteiger partial charge in [-0.1, -0.05) is 12.1 Å². The Hall–Kier alpha value is -3.93. The molecule has 2 N–H and O–H groups in total. The van der Waals surface area contributed by atoms with Crippen molar-refractivity contribution in [3.63, 3.8) is 0 Å². The van der Waals surface area contributed by atoms with Crippen molar-refractivity contribution < 1.29 is 4.79 Å². The summed E-state index contributed by atoms with van der Waals surface area (Å²) in [6.45, 7) is 0. The van der Waals surface area contributed by atoms with Gasteiger partial charge in [0, 0.05) is 41.0 Å². The molecule has 2 aromatic heterocycles. The maximum Gasteiger partial charge on any atom is 0.264 e. The molecule has 0 atom stereocenters. The van der Waals surface area contributed by atoms with Gasteiger partial charge in [0.1, 0.15) is 0 Å². The van der Waals surface area contributed by atoms with Crippen LogP contribution in [0.1, 0.15) is 10.4 Å². The molecule has 0 aliphatic heterocycles. The number of nitrogens with one attached hydrogen (secondary N) is 2. The summed E-state index contributed by atoms with van der Waals surface area (Å²) in [6.07, 6.45) is 3.90. The van der Waals surface area contributed by atoms with Gasteiger partial charge in [0.2, 0.25) is 0 Å². The molecule has 2 heterocycles. The molecular formula is C21H16N4O2. The molecule has 4 rings (SSSR count). The highest BCUT2D eigenvalue weighted by Gasteiger charge is 2.08. The lowest BCUT2D eigenvalue weighted by Gasteiger charge is -2.08. The number of aromatic nitrogens is 3. The fourth-order valence-electron chi connectivity index (χ4n) is 2.76. The first kappa shape index (κ1) is 16.5. The molecule has 0 radical (unpaired) electrons. The molecule has 0 aliphatic carbocycles. The average molecular weight is 356 g/mol. The van der Waals surface area contributed by atoms with E-state index in [4.69, 9.17) is 0 Å². The summed E-state index contributed by atoms with van der Waals surface area (Å²) >= 11 is 0. The second-order valence-corrected chi connectivity index (χ2v) is 5.98. The number of amides is 1. The Morgan fingerprint density at radius 3 is 2.41 bits per heavy atom. The molecule has 6 nitrogen and oxygen atoms in total. The first-order chi connectivity index (χ1) is 13.2. The third-order valence-electron chi connectivity index (χ3n) is 4.13. The van der Waals surface area contributed by atoms with Crippen molar-refractivity contribution in [3.05, 3.63) is 101 Å². The molecule has 2 aromatic carbocycles. The van der Waals surface area contributed by atoms with E-state index >= 15 is 0 Å². The third-order valence-corrected chi connectivity index (χ3v) is 4.13. The minimum atomic E-state index is -0.258. The normalized spacial score (nSPS) is 10.5. The highest BCUT2D eigenvalue weighted by Crippen LogP contribution is 2.20. The maximum atomic E-state index is 12.5. The van der Waals surface area contributed by atoms with Gasteiger partial charge >= 0.3 is 0 Å². The summed E-state index contributed by atoms with van der Waals surface area (Å²) in [6, 6.07) is 21.6. The van der Waals surface area contributed by atoms with Crippen molar-refractivity contribution in [2.75, 3.05) is 5.32 Å². The van der Waals surface area contributed by atoms with Gasteiger partial charge in [0.15, 0.2) is 0 Å². The molecule has 0 unspecified atom stereocenters. The minimum Gasteiger partial charge on any atom is -0.324 e. The fourth-order valence-corrected chi connectivity index (χ4v) is 2.76. The highest BCUT2D eigenvalue weighted by molar-refractivity contribution is 6.04. The standard InChI is InChI=1S/C21H16N4O2/c26-20-11-10-19(23-24-20)16-4-3-5-17(14-16)22-21(27)15-6-8-18(9-7-15)25-12-1-2-13-25/h1-14H,(H,22,27)(H,24,26). The van der Waals surface area contributed by atoms with E-state index in [0.29, 0.717) is 16.9 Å². The number of aromatic amines is 1. The van der Waals surface area contributed by atoms with Crippen LogP contribution in [0.15, 0.2) is 90.0 Å². The number of nitrogens with zero attached hydrogens (tertiary/aromatic N) is 2. The SMILES string of the molecule is O=C(Nc1cccc(-c2ccc(=O)[nH]n2)c1)c1ccc(-n2cccc2)cc1. The molecule has 0 spiro atoms. The van der Waals surface area contributed by atoms with E-state index in [2.05, 4.69) is 15.5 Å². The summed E-state index contributed by atoms with van der Waals surface area (Å²) < 4.78 is 1.97. The lowest BCUT2D eigenvalue weighted by atomic mass is 10.1. The van der Waals surface area contributed by atoms with Gasteiger partial charge in [-0.05, 0) is 54.6 Å². The Morgan fingerprint density at radius 2 is 1.70 bits per heavy atom. The van der Waals surface area contributed by atoms with Crippen LogP contribution < -0.4 is 10.9 Å². The molecule has 6 heteroatoms. The van der Waals surface area contributed by atoms with Gasteiger partial charge in [-0.25, -0.2) is 5.10 Å². The van der Waals surface area contributed by atoms with Gasteiger partial charge in [-0.15, -0.1) is 0 Å². The number of anilines is 1. The Morgan fingerprint density at radius 1 is 0.926 bits per heavy atom. The second kappa shape index (κ2) is 7.13. The fraction of sp³-hybridized carbons (Fsp3) is 0. The number of benzene rings is 2. The molecule has 0 fully saturated rings. The van der Waals surface area contributed by atoms with Crippen LogP contribution in [0.5, 0.6) is 0 Å². The number of carbonyl (C=O) groups is 1. The molecule has 0 saturated heterocycles. The van der Waals surface area contributed by atoms with Crippen LogP contribution in [0.3, 0.4) is 0 Å². The number of hydrogen-bond donors (Lipinski definition) is 2. The van der Waals surface area contributed by atoms with Crippen molar-refractivity contribution in [2.45, 2.75) is 0 Å². The van der Waals surface area contributed by atoms with Crippen LogP contribution in [0.2, 0.25) is 0 Å². The number of rotatable bonds is 4. The molecular weight excluding hydrogens is 340 g/mol. The number of H-pyrrole nitrogens is 1. The van der Waals surface area contributed by atoms with Gasteiger partial charge < -0.3 is 9.88 Å². The zero-order chi connectivity index (χ0) is 18.6. The van der Waals surface area contributed by atoms with E-state index in [1.165, 1.54) is 6.07 Å². The van der Waals surface area contributed by atoms with E-state index in [1.54, 1.807) is 24.3 Å². The van der Waals surface area contributed by atoms with Crippen LogP contribution in [-0.4, -0.2) is 20.7 Å². The smallest absolute Gasteiger partial charge is 0.264 e. The lowest BCUT2D eigenvalue weighted by molar-refractivity contribution is 0.102. The summed E-state index contributed by atoms with van der Waals surface area (Å²) in [7, 11) is 0. The second-order valence-electron chi connectivity index (χ2n) is 5.98. The predicted molar refractivity (Wildman–Crippen MR) is 104 cm³/mol. The molecule has 1 amide bonds. The Kier molecular flexibility index (Phi) is 4.37. The van der Waals surface area contributed by atoms with Crippen molar-refractivity contribution in [1.82, 2.24) is 14.8 Å². The number of carbonyl (C=O) groups excluding carboxylic acids is 1. The van der Waals surface area contributed by atoms with E-state index in [-0.39, 0.29) is 11.5 Å². The molecule has 0 aliphatic rings. The summed E-state index contributed by atoms with van der Waals surface area (Å²) in [5, 5.41) is 9.30. The monoisotopic (exact) mass is 356 g/mol. The first-order valence-electron chi connectivity index (χ1n) is 8.40. The van der Waals surface area contributed by atoms with E-state index in [9.17, 15) is 9.59 Å². The van der Waals surface area contributed by atoms with Crippen LogP contribution in [-0.2, 0) is 0 Å². The highest BCUT2D eigenvalue weighted by atomic mass is 16.1. The van der Waals surface area contributed by atoms with Crippen molar-refractivity contribution >= 4 is 11.6 Å². The first-order valence-corrected chi connectivity index (χ1v) is 8.40. The minimum absolute atomic E-state index is 0.194. The average Bonchev–Trinajstić information content (AvgIpc) is 3.24. The van der Waals surface area contributed by atoms with E-state index < -0.39 is 0 Å². The largest absolute Gasteiger partial charge is 0.324 e. The quantitative estimate of drug-likeness (QED) is 0.587. The molecule has 132 valence electrons. The summed E-state index contributed by atoms with van der Waals surface area (Å²) in [5.74, 6) is -0.194. The van der Waals surface area contributed by atoms with Crippen LogP contribution in [0, 0.1) is 0 Å². The Balaban J connectivity index is 1.52. The molecule has 0 saturated carbocycles. The Bertz CT molecular complexity index is 1110. The van der Waals surface area contributed by atoms with Crippen molar-refractivity contribution in [3.8, 4) is 16.9 Å². The number of hydrogen-bond acceptors (Lipinski definition) is 3. The zero-order valence-electron chi connectivity index (χ0n) is 14.3. The van der Waals surface area contributed by atoms with Gasteiger partial charge in [-0.2, -0.15) is 5.10 Å². The van der Waals surface area contributed by atoms with Crippen LogP contribution >= 0.6 is 0 Å². The van der Waals surface area contributed by atoms with Crippen molar-refractivity contribution in [2.24, 2.45) is 0 Å². The van der Waals surface area contributed by atoms with Crippen LogP contribution in [0.25, 0.3) is 16.9 Å². The van der Waals surface area contributed by atoms with E-state index in [1.807, 2.05) is 59.4 Å². The molecule has 4 aromatic rings. The van der Waals surface area contributed by atoms with Gasteiger partial charge in [-0.3, -0.25) is 9.59 Å². The predicted octanol–water partition coefficient (Wildman–Crippen LogP) is 3.48. The van der Waals surface area contributed by atoms with Gasteiger partial charge in [0.05, 0.1) is 5.69 Å². The van der Waals surface area contributed by atoms with Gasteiger partial charge in [0.25, 0.3) is 11.5 Å². The van der Waals surface area contributed by atoms with E-state index in [0.717, 1.165) is 11.3 Å². The molecule has 27 heavy (non-hydrogen) atoms. The third kappa shape index (κ3) is 3.69. The lowest BCUT2D eigenvalue weighted by Crippen LogP contribution is -2.12. The maximum absolute atomic E-state index is 12.5. The van der Waals surface area contributed by atoms with Crippen molar-refractivity contribution in [1.29, 1.82) is 0 Å². The summed E-state index contributed by atoms with van der Waals surface area (Å²) in [4.78, 5) is 23.7. The molecule has 0 bridgehead atoms. The summed E-state index contributed by atoms with van der Waals surface area (Å²) in [5.41, 5.74) is 3.38. The zero-order valence-corrected chi connectivity index (χ0v) is 14.3. The Labute approximate surface area is 155 Å². The van der Waals surface area contributed by atoms with Crippen LogP contribution in [0.4, 0.5) is 5.69 Å². The topological polar surface area (TPSA) is 79.8 Å².